The molecular weight excluding hydrogens is 275 g/mol. The molecule has 2 unspecified atom stereocenters. The average Bonchev–Trinajstić information content (AvgIpc) is 2.75. The summed E-state index contributed by atoms with van der Waals surface area (Å²) in [4.78, 5) is 15.5. The summed E-state index contributed by atoms with van der Waals surface area (Å²) in [7, 11) is 0. The van der Waals surface area contributed by atoms with Gasteiger partial charge in [0.05, 0.1) is 11.8 Å². The van der Waals surface area contributed by atoms with Crippen molar-refractivity contribution in [2.45, 2.75) is 26.7 Å². The highest BCUT2D eigenvalue weighted by Crippen LogP contribution is 2.64. The van der Waals surface area contributed by atoms with E-state index in [2.05, 4.69) is 10.1 Å². The van der Waals surface area contributed by atoms with E-state index in [9.17, 15) is 14.3 Å². The van der Waals surface area contributed by atoms with Crippen LogP contribution in [-0.2, 0) is 4.79 Å². The molecule has 110 valence electrons. The van der Waals surface area contributed by atoms with Crippen LogP contribution < -0.4 is 0 Å². The maximum atomic E-state index is 13.1. The van der Waals surface area contributed by atoms with E-state index in [0.717, 1.165) is 0 Å². The van der Waals surface area contributed by atoms with Crippen LogP contribution in [0.15, 0.2) is 22.7 Å². The Morgan fingerprint density at radius 1 is 1.43 bits per heavy atom. The fourth-order valence-corrected chi connectivity index (χ4v) is 2.91. The minimum atomic E-state index is -0.859. The third kappa shape index (κ3) is 2.11. The molecule has 1 fully saturated rings. The lowest BCUT2D eigenvalue weighted by molar-refractivity contribution is -0.139. The Balaban J connectivity index is 1.93. The van der Waals surface area contributed by atoms with Crippen molar-refractivity contribution < 1.29 is 18.8 Å². The van der Waals surface area contributed by atoms with Gasteiger partial charge in [0.25, 0.3) is 0 Å². The van der Waals surface area contributed by atoms with Crippen molar-refractivity contribution in [3.05, 3.63) is 35.5 Å². The Kier molecular flexibility index (Phi) is 2.86. The summed E-state index contributed by atoms with van der Waals surface area (Å²) in [5.41, 5.74) is 0.983. The molecule has 1 aromatic heterocycles. The standard InChI is InChI=1S/C15H15FN2O3/c1-7-6-8(16)4-5-9(7)12-17-13(21-18-12)10-11(14(19)20)15(10,2)3/h4-6,10-11H,1-3H3,(H,19,20). The van der Waals surface area contributed by atoms with Crippen molar-refractivity contribution in [1.82, 2.24) is 10.1 Å². The Hall–Kier alpha value is -2.24. The van der Waals surface area contributed by atoms with Gasteiger partial charge < -0.3 is 9.63 Å². The number of aromatic nitrogens is 2. The molecule has 6 heteroatoms. The van der Waals surface area contributed by atoms with Gasteiger partial charge in [-0.15, -0.1) is 0 Å². The van der Waals surface area contributed by atoms with Crippen molar-refractivity contribution in [1.29, 1.82) is 0 Å². The summed E-state index contributed by atoms with van der Waals surface area (Å²) in [6.07, 6.45) is 0. The fourth-order valence-electron chi connectivity index (χ4n) is 2.91. The van der Waals surface area contributed by atoms with Gasteiger partial charge in [0.2, 0.25) is 11.7 Å². The number of halogens is 1. The summed E-state index contributed by atoms with van der Waals surface area (Å²) in [5.74, 6) is -1.30. The van der Waals surface area contributed by atoms with Gasteiger partial charge in [-0.2, -0.15) is 4.98 Å². The predicted molar refractivity (Wildman–Crippen MR) is 72.1 cm³/mol. The van der Waals surface area contributed by atoms with Gasteiger partial charge >= 0.3 is 5.97 Å². The van der Waals surface area contributed by atoms with E-state index in [4.69, 9.17) is 4.52 Å². The summed E-state index contributed by atoms with van der Waals surface area (Å²) in [5, 5.41) is 13.1. The number of carboxylic acids is 1. The number of rotatable bonds is 3. The second kappa shape index (κ2) is 4.38. The molecule has 1 aliphatic carbocycles. The van der Waals surface area contributed by atoms with E-state index in [1.807, 2.05) is 13.8 Å². The van der Waals surface area contributed by atoms with Crippen LogP contribution >= 0.6 is 0 Å². The van der Waals surface area contributed by atoms with Gasteiger partial charge in [0, 0.05) is 5.56 Å². The highest BCUT2D eigenvalue weighted by atomic mass is 19.1. The van der Waals surface area contributed by atoms with Gasteiger partial charge in [0.15, 0.2) is 0 Å². The average molecular weight is 290 g/mol. The van der Waals surface area contributed by atoms with Crippen LogP contribution in [-0.4, -0.2) is 21.2 Å². The third-order valence-corrected chi connectivity index (χ3v) is 4.23. The maximum absolute atomic E-state index is 13.1. The van der Waals surface area contributed by atoms with Crippen LogP contribution in [0.2, 0.25) is 0 Å². The first-order valence-electron chi connectivity index (χ1n) is 6.65. The molecule has 1 saturated carbocycles. The molecule has 1 N–H and O–H groups in total. The Morgan fingerprint density at radius 2 is 2.14 bits per heavy atom. The number of hydrogen-bond donors (Lipinski definition) is 1. The van der Waals surface area contributed by atoms with Gasteiger partial charge in [-0.1, -0.05) is 19.0 Å². The van der Waals surface area contributed by atoms with Crippen molar-refractivity contribution in [2.75, 3.05) is 0 Å². The van der Waals surface area contributed by atoms with E-state index >= 15 is 0 Å². The van der Waals surface area contributed by atoms with Crippen molar-refractivity contribution in [2.24, 2.45) is 11.3 Å². The largest absolute Gasteiger partial charge is 0.481 e. The van der Waals surface area contributed by atoms with Crippen molar-refractivity contribution >= 4 is 5.97 Å². The van der Waals surface area contributed by atoms with E-state index < -0.39 is 17.3 Å². The Bertz CT molecular complexity index is 723. The molecule has 0 amide bonds. The molecule has 1 aromatic carbocycles. The minimum absolute atomic E-state index is 0.281. The second-order valence-corrected chi connectivity index (χ2v) is 6.03. The number of carbonyl (C=O) groups is 1. The molecule has 0 saturated heterocycles. The minimum Gasteiger partial charge on any atom is -0.481 e. The van der Waals surface area contributed by atoms with Crippen LogP contribution in [0, 0.1) is 24.1 Å². The zero-order valence-corrected chi connectivity index (χ0v) is 11.9. The first-order chi connectivity index (χ1) is 9.82. The highest BCUT2D eigenvalue weighted by molar-refractivity contribution is 5.77. The number of aliphatic carboxylic acids is 1. The molecule has 1 heterocycles. The number of carboxylic acid groups (broad SMARTS) is 1. The van der Waals surface area contributed by atoms with Crippen molar-refractivity contribution in [3.63, 3.8) is 0 Å². The molecule has 0 aliphatic heterocycles. The Morgan fingerprint density at radius 3 is 2.71 bits per heavy atom. The monoisotopic (exact) mass is 290 g/mol. The van der Waals surface area contributed by atoms with Crippen LogP contribution in [0.1, 0.15) is 31.2 Å². The van der Waals surface area contributed by atoms with E-state index in [1.54, 1.807) is 13.0 Å². The zero-order valence-electron chi connectivity index (χ0n) is 11.9. The summed E-state index contributed by atoms with van der Waals surface area (Å²) >= 11 is 0. The molecule has 21 heavy (non-hydrogen) atoms. The molecule has 5 nitrogen and oxygen atoms in total. The topological polar surface area (TPSA) is 76.2 Å². The summed E-state index contributed by atoms with van der Waals surface area (Å²) in [6.45, 7) is 5.49. The normalized spacial score (nSPS) is 23.0. The zero-order chi connectivity index (χ0) is 15.4. The second-order valence-electron chi connectivity index (χ2n) is 6.03. The Labute approximate surface area is 120 Å². The smallest absolute Gasteiger partial charge is 0.307 e. The lowest BCUT2D eigenvalue weighted by Crippen LogP contribution is -2.03. The SMILES string of the molecule is Cc1cc(F)ccc1-c1noc(C2C(C(=O)O)C2(C)C)n1. The van der Waals surface area contributed by atoms with Crippen LogP contribution in [0.5, 0.6) is 0 Å². The van der Waals surface area contributed by atoms with Crippen LogP contribution in [0.25, 0.3) is 11.4 Å². The highest BCUT2D eigenvalue weighted by Gasteiger charge is 2.65. The van der Waals surface area contributed by atoms with Crippen molar-refractivity contribution in [3.8, 4) is 11.4 Å². The summed E-state index contributed by atoms with van der Waals surface area (Å²) < 4.78 is 18.3. The molecule has 2 atom stereocenters. The predicted octanol–water partition coefficient (Wildman–Crippen LogP) is 3.01. The maximum Gasteiger partial charge on any atom is 0.307 e. The number of benzene rings is 1. The molecule has 0 spiro atoms. The lowest BCUT2D eigenvalue weighted by Gasteiger charge is -1.99. The van der Waals surface area contributed by atoms with Gasteiger partial charge in [-0.05, 0) is 36.1 Å². The van der Waals surface area contributed by atoms with Gasteiger partial charge in [-0.25, -0.2) is 4.39 Å². The number of nitrogens with zero attached hydrogens (tertiary/aromatic N) is 2. The molecule has 3 rings (SSSR count). The van der Waals surface area contributed by atoms with E-state index in [-0.39, 0.29) is 11.7 Å². The first kappa shape index (κ1) is 13.7. The molecule has 0 radical (unpaired) electrons. The fraction of sp³-hybridized carbons (Fsp3) is 0.400. The number of hydrogen-bond acceptors (Lipinski definition) is 4. The molecule has 1 aliphatic rings. The van der Waals surface area contributed by atoms with Crippen LogP contribution in [0.3, 0.4) is 0 Å². The van der Waals surface area contributed by atoms with Gasteiger partial charge in [0.1, 0.15) is 5.82 Å². The van der Waals surface area contributed by atoms with Crippen LogP contribution in [0.4, 0.5) is 4.39 Å². The summed E-state index contributed by atoms with van der Waals surface area (Å²) in [6, 6.07) is 4.32. The molecule has 2 aromatic rings. The number of aryl methyl sites for hydroxylation is 1. The van der Waals surface area contributed by atoms with E-state index in [1.165, 1.54) is 12.1 Å². The van der Waals surface area contributed by atoms with E-state index in [0.29, 0.717) is 22.8 Å². The molecule has 0 bridgehead atoms. The third-order valence-electron chi connectivity index (χ3n) is 4.23. The quantitative estimate of drug-likeness (QED) is 0.940. The van der Waals surface area contributed by atoms with Gasteiger partial charge in [-0.3, -0.25) is 4.79 Å². The lowest BCUT2D eigenvalue weighted by atomic mass is 10.1. The first-order valence-corrected chi connectivity index (χ1v) is 6.65. The molecular formula is C15H15FN2O3.